The Labute approximate surface area is 142 Å². The van der Waals surface area contributed by atoms with Gasteiger partial charge in [-0.3, -0.25) is 29.1 Å². The zero-order chi connectivity index (χ0) is 18.6. The zero-order valence-electron chi connectivity index (χ0n) is 13.3. The number of nitrogens with one attached hydrogen (secondary N) is 1. The number of carbonyl (C=O) groups excluding carboxylic acids is 2. The number of pyridine rings is 1. The monoisotopic (exact) mass is 344 g/mol. The Bertz CT molecular complexity index is 876. The minimum absolute atomic E-state index is 0.321. The fourth-order valence-electron chi connectivity index (χ4n) is 2.28. The van der Waals surface area contributed by atoms with Gasteiger partial charge in [-0.15, -0.1) is 0 Å². The fourth-order valence-corrected chi connectivity index (χ4v) is 2.28. The third-order valence-corrected chi connectivity index (χ3v) is 3.54. The Hall–Kier alpha value is -3.49. The number of amides is 2. The van der Waals surface area contributed by atoms with Crippen molar-refractivity contribution in [3.8, 4) is 0 Å². The molecule has 2 aromatic rings. The molecular formula is C16H16N4O5. The molecule has 1 heterocycles. The normalized spacial score (nSPS) is 11.6. The number of benzene rings is 1. The summed E-state index contributed by atoms with van der Waals surface area (Å²) in [6.07, 6.45) is 0.904. The third-order valence-electron chi connectivity index (χ3n) is 3.54. The molecule has 0 aliphatic heterocycles. The van der Waals surface area contributed by atoms with E-state index < -0.39 is 40.1 Å². The average molecular weight is 344 g/mol. The van der Waals surface area contributed by atoms with Gasteiger partial charge >= 0.3 is 0 Å². The van der Waals surface area contributed by atoms with Crippen LogP contribution in [0.2, 0.25) is 0 Å². The molecule has 0 fully saturated rings. The second-order valence-corrected chi connectivity index (χ2v) is 5.37. The second-order valence-electron chi connectivity index (χ2n) is 5.37. The fraction of sp³-hybridized carbons (Fsp3) is 0.188. The van der Waals surface area contributed by atoms with Gasteiger partial charge in [0.05, 0.1) is 17.2 Å². The van der Waals surface area contributed by atoms with Gasteiger partial charge in [-0.2, -0.15) is 0 Å². The van der Waals surface area contributed by atoms with Gasteiger partial charge in [0, 0.05) is 6.07 Å². The molecule has 0 saturated heterocycles. The van der Waals surface area contributed by atoms with Crippen molar-refractivity contribution >= 4 is 17.5 Å². The minimum Gasteiger partial charge on any atom is -0.365 e. The molecule has 0 spiro atoms. The number of nitrogens with two attached hydrogens (primary N) is 1. The van der Waals surface area contributed by atoms with Gasteiger partial charge in [-0.05, 0) is 12.5 Å². The van der Waals surface area contributed by atoms with Crippen LogP contribution < -0.4 is 16.6 Å². The lowest BCUT2D eigenvalue weighted by Gasteiger charge is -2.15. The molecule has 3 N–H and O–H groups in total. The van der Waals surface area contributed by atoms with E-state index in [0.717, 1.165) is 22.4 Å². The van der Waals surface area contributed by atoms with Crippen LogP contribution in [0.15, 0.2) is 47.4 Å². The molecule has 0 aliphatic rings. The van der Waals surface area contributed by atoms with Crippen LogP contribution in [0.5, 0.6) is 0 Å². The summed E-state index contributed by atoms with van der Waals surface area (Å²) in [7, 11) is 0. The van der Waals surface area contributed by atoms with Gasteiger partial charge in [0.15, 0.2) is 0 Å². The summed E-state index contributed by atoms with van der Waals surface area (Å²) >= 11 is 0. The van der Waals surface area contributed by atoms with Crippen molar-refractivity contribution in [1.82, 2.24) is 9.88 Å². The number of rotatable bonds is 6. The summed E-state index contributed by atoms with van der Waals surface area (Å²) in [6.45, 7) is 1.29. The first-order chi connectivity index (χ1) is 11.8. The molecule has 0 saturated carbocycles. The molecule has 0 radical (unpaired) electrons. The van der Waals surface area contributed by atoms with Crippen LogP contribution in [0.3, 0.4) is 0 Å². The van der Waals surface area contributed by atoms with Crippen LogP contribution in [0.25, 0.3) is 0 Å². The standard InChI is InChI=1S/C16H16N4O5/c1-10(11-5-3-2-4-6-11)18-14(21)9-19-8-12(20(24)25)7-13(15(17)22)16(19)23/h2-8,10H,9H2,1H3,(H2,17,22)(H,18,21). The van der Waals surface area contributed by atoms with Gasteiger partial charge < -0.3 is 11.1 Å². The number of hydrogen-bond acceptors (Lipinski definition) is 5. The van der Waals surface area contributed by atoms with E-state index in [1.807, 2.05) is 30.3 Å². The van der Waals surface area contributed by atoms with Gasteiger partial charge in [-0.25, -0.2) is 0 Å². The van der Waals surface area contributed by atoms with Gasteiger partial charge in [0.25, 0.3) is 17.2 Å². The van der Waals surface area contributed by atoms with E-state index in [1.54, 1.807) is 6.92 Å². The van der Waals surface area contributed by atoms with Crippen LogP contribution in [0.4, 0.5) is 5.69 Å². The van der Waals surface area contributed by atoms with Crippen molar-refractivity contribution in [2.75, 3.05) is 0 Å². The molecule has 9 heteroatoms. The topological polar surface area (TPSA) is 137 Å². The number of nitro groups is 1. The first-order valence-electron chi connectivity index (χ1n) is 7.32. The quantitative estimate of drug-likeness (QED) is 0.588. The molecule has 9 nitrogen and oxygen atoms in total. The molecular weight excluding hydrogens is 328 g/mol. The highest BCUT2D eigenvalue weighted by Crippen LogP contribution is 2.12. The molecule has 25 heavy (non-hydrogen) atoms. The van der Waals surface area contributed by atoms with Crippen molar-refractivity contribution in [2.24, 2.45) is 5.73 Å². The Morgan fingerprint density at radius 1 is 1.32 bits per heavy atom. The van der Waals surface area contributed by atoms with Crippen LogP contribution in [0.1, 0.15) is 28.9 Å². The summed E-state index contributed by atoms with van der Waals surface area (Å²) in [5.74, 6) is -1.63. The first-order valence-corrected chi connectivity index (χ1v) is 7.32. The highest BCUT2D eigenvalue weighted by molar-refractivity contribution is 5.93. The third kappa shape index (κ3) is 4.28. The second kappa shape index (κ2) is 7.39. The maximum absolute atomic E-state index is 12.2. The highest BCUT2D eigenvalue weighted by Gasteiger charge is 2.19. The van der Waals surface area contributed by atoms with Gasteiger partial charge in [-0.1, -0.05) is 30.3 Å². The lowest BCUT2D eigenvalue weighted by Crippen LogP contribution is -2.36. The molecule has 2 rings (SSSR count). The minimum atomic E-state index is -1.10. The van der Waals surface area contributed by atoms with E-state index in [1.165, 1.54) is 0 Å². The van der Waals surface area contributed by atoms with Crippen molar-refractivity contribution in [1.29, 1.82) is 0 Å². The summed E-state index contributed by atoms with van der Waals surface area (Å²) in [5.41, 5.74) is 4.02. The molecule has 1 aromatic heterocycles. The van der Waals surface area contributed by atoms with Crippen molar-refractivity contribution in [3.63, 3.8) is 0 Å². The summed E-state index contributed by atoms with van der Waals surface area (Å²) in [5, 5.41) is 13.6. The maximum Gasteiger partial charge on any atom is 0.286 e. The highest BCUT2D eigenvalue weighted by atomic mass is 16.6. The summed E-state index contributed by atoms with van der Waals surface area (Å²) in [4.78, 5) is 45.7. The van der Waals surface area contributed by atoms with E-state index in [-0.39, 0.29) is 6.04 Å². The Kier molecular flexibility index (Phi) is 5.28. The number of carbonyl (C=O) groups is 2. The number of primary amides is 1. The molecule has 0 bridgehead atoms. The van der Waals surface area contributed by atoms with E-state index in [9.17, 15) is 24.5 Å². The lowest BCUT2D eigenvalue weighted by atomic mass is 10.1. The Balaban J connectivity index is 2.24. The van der Waals surface area contributed by atoms with E-state index in [2.05, 4.69) is 5.32 Å². The largest absolute Gasteiger partial charge is 0.365 e. The van der Waals surface area contributed by atoms with E-state index in [4.69, 9.17) is 5.73 Å². The summed E-state index contributed by atoms with van der Waals surface area (Å²) < 4.78 is 0.797. The smallest absolute Gasteiger partial charge is 0.286 e. The lowest BCUT2D eigenvalue weighted by molar-refractivity contribution is -0.385. The predicted octanol–water partition coefficient (Wildman–Crippen LogP) is 0.733. The van der Waals surface area contributed by atoms with Crippen molar-refractivity contribution < 1.29 is 14.5 Å². The van der Waals surface area contributed by atoms with Crippen LogP contribution in [-0.2, 0) is 11.3 Å². The van der Waals surface area contributed by atoms with Crippen LogP contribution in [0, 0.1) is 10.1 Å². The Morgan fingerprint density at radius 3 is 2.52 bits per heavy atom. The molecule has 0 aliphatic carbocycles. The van der Waals surface area contributed by atoms with Crippen molar-refractivity contribution in [2.45, 2.75) is 19.5 Å². The molecule has 1 aromatic carbocycles. The zero-order valence-corrected chi connectivity index (χ0v) is 13.3. The van der Waals surface area contributed by atoms with Gasteiger partial charge in [0.1, 0.15) is 12.1 Å². The van der Waals surface area contributed by atoms with Gasteiger partial charge in [0.2, 0.25) is 5.91 Å². The van der Waals surface area contributed by atoms with E-state index >= 15 is 0 Å². The van der Waals surface area contributed by atoms with Crippen LogP contribution >= 0.6 is 0 Å². The summed E-state index contributed by atoms with van der Waals surface area (Å²) in [6, 6.07) is 9.62. The number of aromatic nitrogens is 1. The SMILES string of the molecule is CC(NC(=O)Cn1cc([N+](=O)[O-])cc(C(N)=O)c1=O)c1ccccc1. The average Bonchev–Trinajstić information content (AvgIpc) is 2.56. The Morgan fingerprint density at radius 2 is 1.96 bits per heavy atom. The molecule has 130 valence electrons. The number of hydrogen-bond donors (Lipinski definition) is 2. The van der Waals surface area contributed by atoms with Crippen LogP contribution in [-0.4, -0.2) is 21.3 Å². The van der Waals surface area contributed by atoms with Crippen molar-refractivity contribution in [3.05, 3.63) is 74.2 Å². The van der Waals surface area contributed by atoms with E-state index in [0.29, 0.717) is 0 Å². The number of nitrogens with zero attached hydrogens (tertiary/aromatic N) is 2. The molecule has 2 amide bonds. The molecule has 1 atom stereocenters. The predicted molar refractivity (Wildman–Crippen MR) is 88.9 cm³/mol. The first kappa shape index (κ1) is 17.9. The maximum atomic E-state index is 12.2. The molecule has 1 unspecified atom stereocenters.